The summed E-state index contributed by atoms with van der Waals surface area (Å²) in [6.45, 7) is 2.27. The molecule has 158 valence electrons. The average molecular weight is 424 g/mol. The van der Waals surface area contributed by atoms with Crippen LogP contribution in [0.25, 0.3) is 0 Å². The number of pyridine rings is 1. The third-order valence-electron chi connectivity index (χ3n) is 5.71. The minimum absolute atomic E-state index is 0.109. The van der Waals surface area contributed by atoms with Gasteiger partial charge in [0.2, 0.25) is 5.91 Å². The van der Waals surface area contributed by atoms with Crippen molar-refractivity contribution < 1.29 is 14.4 Å². The van der Waals surface area contributed by atoms with Crippen LogP contribution in [0, 0.1) is 0 Å². The van der Waals surface area contributed by atoms with Crippen molar-refractivity contribution in [3.8, 4) is 0 Å². The molecule has 3 heterocycles. The summed E-state index contributed by atoms with van der Waals surface area (Å²) in [5, 5.41) is 2.98. The molecule has 0 radical (unpaired) electrons. The van der Waals surface area contributed by atoms with E-state index in [1.807, 2.05) is 43.3 Å². The minimum atomic E-state index is -0.379. The quantitative estimate of drug-likeness (QED) is 0.652. The Morgan fingerprint density at radius 2 is 1.66 bits per heavy atom. The zero-order valence-electron chi connectivity index (χ0n) is 17.4. The summed E-state index contributed by atoms with van der Waals surface area (Å²) in [4.78, 5) is 48.0. The number of fused-ring (bicyclic) bond motifs is 2. The number of amides is 3. The number of carbonyl (C=O) groups is 3. The lowest BCUT2D eigenvalue weighted by Crippen LogP contribution is -2.36. The molecule has 5 rings (SSSR count). The van der Waals surface area contributed by atoms with E-state index in [9.17, 15) is 14.4 Å². The Morgan fingerprint density at radius 1 is 1.00 bits per heavy atom. The summed E-state index contributed by atoms with van der Waals surface area (Å²) in [7, 11) is 0. The van der Waals surface area contributed by atoms with E-state index < -0.39 is 0 Å². The number of aromatic nitrogens is 1. The zero-order chi connectivity index (χ0) is 22.2. The molecule has 1 aromatic heterocycles. The van der Waals surface area contributed by atoms with Crippen molar-refractivity contribution in [3.05, 3.63) is 100 Å². The first-order valence-corrected chi connectivity index (χ1v) is 10.4. The first-order chi connectivity index (χ1) is 15.5. The molecule has 32 heavy (non-hydrogen) atoms. The zero-order valence-corrected chi connectivity index (χ0v) is 17.4. The number of benzene rings is 2. The van der Waals surface area contributed by atoms with E-state index >= 15 is 0 Å². The van der Waals surface area contributed by atoms with Crippen LogP contribution in [0.5, 0.6) is 0 Å². The molecule has 0 fully saturated rings. The molecular formula is C25H20N4O3. The molecule has 7 nitrogen and oxygen atoms in total. The summed E-state index contributed by atoms with van der Waals surface area (Å²) in [6, 6.07) is 18.2. The van der Waals surface area contributed by atoms with Gasteiger partial charge in [0.25, 0.3) is 11.8 Å². The van der Waals surface area contributed by atoms with Crippen LogP contribution in [-0.4, -0.2) is 33.4 Å². The van der Waals surface area contributed by atoms with Gasteiger partial charge in [0.05, 0.1) is 35.8 Å². The molecule has 0 unspecified atom stereocenters. The molecule has 2 aromatic carbocycles. The van der Waals surface area contributed by atoms with Crippen LogP contribution in [-0.2, 0) is 17.8 Å². The molecular weight excluding hydrogens is 404 g/mol. The first kappa shape index (κ1) is 19.8. The number of amidine groups is 1. The summed E-state index contributed by atoms with van der Waals surface area (Å²) >= 11 is 0. The maximum Gasteiger partial charge on any atom is 0.267 e. The number of rotatable bonds is 4. The smallest absolute Gasteiger partial charge is 0.267 e. The average Bonchev–Trinajstić information content (AvgIpc) is 3.32. The van der Waals surface area contributed by atoms with Crippen LogP contribution >= 0.6 is 0 Å². The fraction of sp³-hybridized carbons (Fsp3) is 0.160. The SMILES string of the molecule is C[C@@H](NC(=O)Cc1cc2c(cn1)C(N1C(=O)c3ccccc3C1=O)=NC2)c1ccccc1. The van der Waals surface area contributed by atoms with Crippen LogP contribution in [0.4, 0.5) is 0 Å². The van der Waals surface area contributed by atoms with E-state index in [-0.39, 0.29) is 30.2 Å². The predicted molar refractivity (Wildman–Crippen MR) is 118 cm³/mol. The Kier molecular flexibility index (Phi) is 4.86. The third-order valence-corrected chi connectivity index (χ3v) is 5.71. The van der Waals surface area contributed by atoms with Crippen LogP contribution < -0.4 is 5.32 Å². The van der Waals surface area contributed by atoms with Crippen molar-refractivity contribution in [2.75, 3.05) is 0 Å². The highest BCUT2D eigenvalue weighted by Crippen LogP contribution is 2.28. The van der Waals surface area contributed by atoms with Gasteiger partial charge in [-0.25, -0.2) is 4.90 Å². The fourth-order valence-electron chi connectivity index (χ4n) is 4.08. The Balaban J connectivity index is 1.31. The third kappa shape index (κ3) is 3.37. The van der Waals surface area contributed by atoms with Crippen molar-refractivity contribution in [1.29, 1.82) is 0 Å². The molecule has 1 atom stereocenters. The molecule has 0 saturated heterocycles. The van der Waals surface area contributed by atoms with Gasteiger partial charge in [-0.15, -0.1) is 0 Å². The van der Waals surface area contributed by atoms with Crippen molar-refractivity contribution in [2.24, 2.45) is 4.99 Å². The Hall–Kier alpha value is -4.13. The van der Waals surface area contributed by atoms with E-state index in [1.165, 1.54) is 0 Å². The molecule has 2 aliphatic rings. The molecule has 2 aliphatic heterocycles. The van der Waals surface area contributed by atoms with E-state index in [0.717, 1.165) is 16.0 Å². The molecule has 0 aliphatic carbocycles. The second-order valence-electron chi connectivity index (χ2n) is 7.84. The minimum Gasteiger partial charge on any atom is -0.349 e. The van der Waals surface area contributed by atoms with Gasteiger partial charge >= 0.3 is 0 Å². The largest absolute Gasteiger partial charge is 0.349 e. The molecule has 3 amide bonds. The maximum atomic E-state index is 12.8. The summed E-state index contributed by atoms with van der Waals surface area (Å²) in [5.41, 5.74) is 3.87. The van der Waals surface area contributed by atoms with Crippen molar-refractivity contribution in [1.82, 2.24) is 15.2 Å². The van der Waals surface area contributed by atoms with Crippen LogP contribution in [0.1, 0.15) is 56.1 Å². The number of nitrogens with one attached hydrogen (secondary N) is 1. The number of hydrogen-bond acceptors (Lipinski definition) is 5. The lowest BCUT2D eigenvalue weighted by molar-refractivity contribution is -0.121. The Bertz CT molecular complexity index is 1250. The summed E-state index contributed by atoms with van der Waals surface area (Å²) < 4.78 is 0. The number of carbonyl (C=O) groups excluding carboxylic acids is 3. The van der Waals surface area contributed by atoms with Gasteiger partial charge in [0.15, 0.2) is 0 Å². The highest BCUT2D eigenvalue weighted by molar-refractivity contribution is 6.32. The second kappa shape index (κ2) is 7.85. The van der Waals surface area contributed by atoms with Crippen LogP contribution in [0.3, 0.4) is 0 Å². The maximum absolute atomic E-state index is 12.8. The van der Waals surface area contributed by atoms with Crippen molar-refractivity contribution in [3.63, 3.8) is 0 Å². The van der Waals surface area contributed by atoms with Crippen LogP contribution in [0.2, 0.25) is 0 Å². The van der Waals surface area contributed by atoms with Gasteiger partial charge < -0.3 is 5.32 Å². The molecule has 0 spiro atoms. The normalized spacial score (nSPS) is 15.3. The van der Waals surface area contributed by atoms with Gasteiger partial charge in [0, 0.05) is 11.8 Å². The first-order valence-electron chi connectivity index (χ1n) is 10.4. The molecule has 7 heteroatoms. The standard InChI is InChI=1S/C25H20N4O3/c1-15(16-7-3-2-4-8-16)28-22(30)12-18-11-17-13-27-23(21(17)14-26-18)29-24(31)19-9-5-6-10-20(19)25(29)32/h2-11,14-15H,12-13H2,1H3,(H,28,30)/t15-/m1/s1. The monoisotopic (exact) mass is 424 g/mol. The van der Waals surface area contributed by atoms with E-state index in [0.29, 0.717) is 34.8 Å². The lowest BCUT2D eigenvalue weighted by atomic mass is 10.1. The topological polar surface area (TPSA) is 91.7 Å². The lowest BCUT2D eigenvalue weighted by Gasteiger charge is -2.15. The Morgan fingerprint density at radius 3 is 2.34 bits per heavy atom. The summed E-state index contributed by atoms with van der Waals surface area (Å²) in [6.07, 6.45) is 1.72. The fourth-order valence-corrected chi connectivity index (χ4v) is 4.08. The van der Waals surface area contributed by atoms with Gasteiger partial charge in [0.1, 0.15) is 5.84 Å². The van der Waals surface area contributed by atoms with Crippen LogP contribution in [0.15, 0.2) is 71.9 Å². The molecule has 0 bridgehead atoms. The van der Waals surface area contributed by atoms with Gasteiger partial charge in [-0.1, -0.05) is 42.5 Å². The molecule has 0 saturated carbocycles. The summed E-state index contributed by atoms with van der Waals surface area (Å²) in [5.74, 6) is -0.577. The predicted octanol–water partition coefficient (Wildman–Crippen LogP) is 3.06. The van der Waals surface area contributed by atoms with E-state index in [1.54, 1.807) is 30.5 Å². The highest BCUT2D eigenvalue weighted by Gasteiger charge is 2.40. The number of hydrogen-bond donors (Lipinski definition) is 1. The van der Waals surface area contributed by atoms with Gasteiger partial charge in [-0.2, -0.15) is 0 Å². The Labute approximate surface area is 184 Å². The number of nitrogens with zero attached hydrogens (tertiary/aromatic N) is 3. The van der Waals surface area contributed by atoms with Gasteiger partial charge in [-0.05, 0) is 36.2 Å². The number of imide groups is 1. The highest BCUT2D eigenvalue weighted by atomic mass is 16.2. The molecule has 1 N–H and O–H groups in total. The van der Waals surface area contributed by atoms with E-state index in [2.05, 4.69) is 15.3 Å². The van der Waals surface area contributed by atoms with Crippen molar-refractivity contribution in [2.45, 2.75) is 25.9 Å². The van der Waals surface area contributed by atoms with Gasteiger partial charge in [-0.3, -0.25) is 24.4 Å². The molecule has 3 aromatic rings. The second-order valence-corrected chi connectivity index (χ2v) is 7.84. The number of aliphatic imine (C=N–C) groups is 1. The van der Waals surface area contributed by atoms with E-state index in [4.69, 9.17) is 0 Å². The van der Waals surface area contributed by atoms with Crippen molar-refractivity contribution >= 4 is 23.6 Å².